The molecule has 0 saturated carbocycles. The van der Waals surface area contributed by atoms with Crippen molar-refractivity contribution in [2.45, 2.75) is 30.8 Å². The molecule has 2 rings (SSSR count). The van der Waals surface area contributed by atoms with E-state index in [9.17, 15) is 4.21 Å². The van der Waals surface area contributed by atoms with Crippen LogP contribution in [0.3, 0.4) is 0 Å². The first kappa shape index (κ1) is 16.3. The van der Waals surface area contributed by atoms with Crippen molar-refractivity contribution in [2.75, 3.05) is 32.1 Å². The molecule has 0 aliphatic carbocycles. The Hall–Kier alpha value is -1.11. The summed E-state index contributed by atoms with van der Waals surface area (Å²) in [5.41, 5.74) is 5.63. The molecule has 5 nitrogen and oxygen atoms in total. The van der Waals surface area contributed by atoms with Crippen molar-refractivity contribution in [3.8, 4) is 11.5 Å². The van der Waals surface area contributed by atoms with Crippen molar-refractivity contribution in [2.24, 2.45) is 5.73 Å². The summed E-state index contributed by atoms with van der Waals surface area (Å²) in [6.45, 7) is 4.29. The molecule has 1 heterocycles. The summed E-state index contributed by atoms with van der Waals surface area (Å²) >= 11 is 0. The maximum absolute atomic E-state index is 12.4. The number of fused-ring (bicyclic) bond motifs is 1. The van der Waals surface area contributed by atoms with Crippen LogP contribution in [0.25, 0.3) is 0 Å². The molecule has 0 saturated heterocycles. The Morgan fingerprint density at radius 3 is 2.81 bits per heavy atom. The van der Waals surface area contributed by atoms with Crippen molar-refractivity contribution < 1.29 is 18.4 Å². The largest absolute Gasteiger partial charge is 0.490 e. The summed E-state index contributed by atoms with van der Waals surface area (Å²) in [5, 5.41) is 0. The highest BCUT2D eigenvalue weighted by atomic mass is 32.2. The monoisotopic (exact) mass is 313 g/mol. The molecule has 21 heavy (non-hydrogen) atoms. The fraction of sp³-hybridized carbons (Fsp3) is 0.600. The van der Waals surface area contributed by atoms with Gasteiger partial charge in [-0.3, -0.25) is 4.21 Å². The third-order valence-corrected chi connectivity index (χ3v) is 4.66. The topological polar surface area (TPSA) is 70.8 Å². The van der Waals surface area contributed by atoms with Crippen LogP contribution in [0, 0.1) is 0 Å². The minimum absolute atomic E-state index is 0.0284. The van der Waals surface area contributed by atoms with Gasteiger partial charge in [0, 0.05) is 36.3 Å². The number of hydrogen-bond donors (Lipinski definition) is 1. The Bertz CT molecular complexity index is 481. The molecule has 118 valence electrons. The van der Waals surface area contributed by atoms with E-state index in [4.69, 9.17) is 19.9 Å². The van der Waals surface area contributed by atoms with Gasteiger partial charge in [0.1, 0.15) is 0 Å². The summed E-state index contributed by atoms with van der Waals surface area (Å²) in [6.07, 6.45) is 1.52. The lowest BCUT2D eigenvalue weighted by Gasteiger charge is -2.14. The van der Waals surface area contributed by atoms with Gasteiger partial charge in [0.2, 0.25) is 0 Å². The highest BCUT2D eigenvalue weighted by Gasteiger charge is 2.15. The van der Waals surface area contributed by atoms with E-state index in [0.717, 1.165) is 17.1 Å². The SMILES string of the molecule is CCOC(CN)CCS(=O)c1ccc2c(c1)OCCCO2. The predicted octanol–water partition coefficient (Wildman–Crippen LogP) is 1.71. The van der Waals surface area contributed by atoms with E-state index >= 15 is 0 Å². The van der Waals surface area contributed by atoms with Crippen LogP contribution in [0.4, 0.5) is 0 Å². The van der Waals surface area contributed by atoms with Gasteiger partial charge in [-0.2, -0.15) is 0 Å². The van der Waals surface area contributed by atoms with Crippen molar-refractivity contribution >= 4 is 10.8 Å². The fourth-order valence-corrected chi connectivity index (χ4v) is 3.32. The number of benzene rings is 1. The molecule has 1 aromatic rings. The van der Waals surface area contributed by atoms with Crippen LogP contribution in [0.15, 0.2) is 23.1 Å². The highest BCUT2D eigenvalue weighted by molar-refractivity contribution is 7.85. The first-order valence-electron chi connectivity index (χ1n) is 7.34. The van der Waals surface area contributed by atoms with Crippen LogP contribution < -0.4 is 15.2 Å². The van der Waals surface area contributed by atoms with Crippen molar-refractivity contribution in [1.29, 1.82) is 0 Å². The van der Waals surface area contributed by atoms with Gasteiger partial charge >= 0.3 is 0 Å². The van der Waals surface area contributed by atoms with Crippen LogP contribution >= 0.6 is 0 Å². The van der Waals surface area contributed by atoms with Gasteiger partial charge in [0.05, 0.1) is 30.1 Å². The molecule has 1 aromatic carbocycles. The maximum Gasteiger partial charge on any atom is 0.162 e. The van der Waals surface area contributed by atoms with Gasteiger partial charge in [-0.25, -0.2) is 0 Å². The Morgan fingerprint density at radius 2 is 2.10 bits per heavy atom. The van der Waals surface area contributed by atoms with E-state index in [1.807, 2.05) is 25.1 Å². The molecule has 1 aliphatic rings. The molecule has 0 radical (unpaired) electrons. The van der Waals surface area contributed by atoms with Gasteiger partial charge in [-0.1, -0.05) is 0 Å². The maximum atomic E-state index is 12.4. The smallest absolute Gasteiger partial charge is 0.162 e. The molecule has 0 fully saturated rings. The van der Waals surface area contributed by atoms with Crippen molar-refractivity contribution in [1.82, 2.24) is 0 Å². The van der Waals surface area contributed by atoms with Gasteiger partial charge < -0.3 is 19.9 Å². The number of ether oxygens (including phenoxy) is 3. The van der Waals surface area contributed by atoms with Gasteiger partial charge in [-0.15, -0.1) is 0 Å². The van der Waals surface area contributed by atoms with E-state index in [1.165, 1.54) is 0 Å². The summed E-state index contributed by atoms with van der Waals surface area (Å²) in [7, 11) is -1.08. The Kier molecular flexibility index (Phi) is 6.48. The fourth-order valence-electron chi connectivity index (χ4n) is 2.15. The van der Waals surface area contributed by atoms with E-state index in [-0.39, 0.29) is 6.10 Å². The molecule has 0 bridgehead atoms. The number of rotatable bonds is 7. The van der Waals surface area contributed by atoms with Crippen LogP contribution in [0.5, 0.6) is 11.5 Å². The molecule has 0 spiro atoms. The van der Waals surface area contributed by atoms with Crippen LogP contribution in [0.1, 0.15) is 19.8 Å². The molecular formula is C15H23NO4S. The Labute approximate surface area is 128 Å². The Morgan fingerprint density at radius 1 is 1.33 bits per heavy atom. The summed E-state index contributed by atoms with van der Waals surface area (Å²) in [5.74, 6) is 1.93. The molecular weight excluding hydrogens is 290 g/mol. The zero-order chi connectivity index (χ0) is 15.1. The van der Waals surface area contributed by atoms with Crippen LogP contribution in [0.2, 0.25) is 0 Å². The number of hydrogen-bond acceptors (Lipinski definition) is 5. The first-order valence-corrected chi connectivity index (χ1v) is 8.66. The molecule has 0 amide bonds. The van der Waals surface area contributed by atoms with Crippen LogP contribution in [-0.2, 0) is 15.5 Å². The lowest BCUT2D eigenvalue weighted by molar-refractivity contribution is 0.0672. The molecule has 2 N–H and O–H groups in total. The standard InChI is InChI=1S/C15H23NO4S/c1-2-18-12(11-16)6-9-21(17)13-4-5-14-15(10-13)20-8-3-7-19-14/h4-5,10,12H,2-3,6-9,11,16H2,1H3. The number of nitrogens with two attached hydrogens (primary N) is 1. The van der Waals surface area contributed by atoms with Gasteiger partial charge in [0.15, 0.2) is 11.5 Å². The minimum atomic E-state index is -1.08. The highest BCUT2D eigenvalue weighted by Crippen LogP contribution is 2.31. The van der Waals surface area contributed by atoms with E-state index in [0.29, 0.717) is 44.3 Å². The van der Waals surface area contributed by atoms with Gasteiger partial charge in [-0.05, 0) is 25.5 Å². The zero-order valence-electron chi connectivity index (χ0n) is 12.4. The summed E-state index contributed by atoms with van der Waals surface area (Å²) in [4.78, 5) is 0.756. The van der Waals surface area contributed by atoms with Crippen LogP contribution in [-0.4, -0.2) is 42.4 Å². The lowest BCUT2D eigenvalue weighted by atomic mass is 10.3. The second-order valence-electron chi connectivity index (χ2n) is 4.81. The quantitative estimate of drug-likeness (QED) is 0.830. The zero-order valence-corrected chi connectivity index (χ0v) is 13.2. The predicted molar refractivity (Wildman–Crippen MR) is 82.4 cm³/mol. The lowest BCUT2D eigenvalue weighted by Crippen LogP contribution is -2.25. The van der Waals surface area contributed by atoms with Crippen molar-refractivity contribution in [3.05, 3.63) is 18.2 Å². The van der Waals surface area contributed by atoms with E-state index in [2.05, 4.69) is 0 Å². The molecule has 2 unspecified atom stereocenters. The molecule has 1 aliphatic heterocycles. The van der Waals surface area contributed by atoms with E-state index in [1.54, 1.807) is 0 Å². The van der Waals surface area contributed by atoms with Gasteiger partial charge in [0.25, 0.3) is 0 Å². The third-order valence-electron chi connectivity index (χ3n) is 3.27. The average molecular weight is 313 g/mol. The molecule has 0 aromatic heterocycles. The molecule has 6 heteroatoms. The Balaban J connectivity index is 1.97. The summed E-state index contributed by atoms with van der Waals surface area (Å²) in [6, 6.07) is 5.48. The normalized spacial score (nSPS) is 17.0. The summed E-state index contributed by atoms with van der Waals surface area (Å²) < 4.78 is 29.0. The first-order chi connectivity index (χ1) is 10.2. The minimum Gasteiger partial charge on any atom is -0.490 e. The second-order valence-corrected chi connectivity index (χ2v) is 6.38. The second kappa shape index (κ2) is 8.36. The average Bonchev–Trinajstić information content (AvgIpc) is 2.75. The van der Waals surface area contributed by atoms with E-state index < -0.39 is 10.8 Å². The third kappa shape index (κ3) is 4.69. The van der Waals surface area contributed by atoms with Crippen molar-refractivity contribution in [3.63, 3.8) is 0 Å². The molecule has 2 atom stereocenters.